The maximum Gasteiger partial charge on any atom is 0.0553 e. The van der Waals surface area contributed by atoms with E-state index < -0.39 is 0 Å². The third kappa shape index (κ3) is 5.45. The first kappa shape index (κ1) is 36.7. The van der Waals surface area contributed by atoms with E-state index in [4.69, 9.17) is 0 Å². The zero-order chi connectivity index (χ0) is 42.7. The average molecular weight is 817 g/mol. The normalized spacial score (nSPS) is 13.0. The second-order valence-corrected chi connectivity index (χ2v) is 18.2. The van der Waals surface area contributed by atoms with Crippen molar-refractivity contribution in [3.63, 3.8) is 0 Å². The van der Waals surface area contributed by atoms with Gasteiger partial charge in [-0.3, -0.25) is 0 Å². The molecule has 12 aromatic rings. The zero-order valence-electron chi connectivity index (χ0n) is 36.1. The fraction of sp³-hybridized carbons (Fsp3) is 0.0645. The van der Waals surface area contributed by atoms with E-state index in [0.717, 1.165) is 22.7 Å². The van der Waals surface area contributed by atoms with Crippen LogP contribution in [0.15, 0.2) is 212 Å². The smallest absolute Gasteiger partial charge is 0.0553 e. The molecule has 0 radical (unpaired) electrons. The summed E-state index contributed by atoms with van der Waals surface area (Å²) in [5.74, 6) is 0. The van der Waals surface area contributed by atoms with E-state index in [1.807, 2.05) is 0 Å². The van der Waals surface area contributed by atoms with Gasteiger partial charge >= 0.3 is 0 Å². The molecule has 302 valence electrons. The van der Waals surface area contributed by atoms with Crippen molar-refractivity contribution < 1.29 is 0 Å². The standard InChI is InChI=1S/C62H44N2/c1-39-16-26-47(27-17-39)63(50-32-35-52-51-14-7-8-15-55(51)62(2,3)56(52)38-50)48-28-22-42(23-29-48)45-25-33-53-57(36-45)64(49-30-20-41(21-31-49)40-10-5-4-6-11-40)58-37-46-19-18-43-12-9-13-44-24-34-54(61(53)58)60(46)59(43)44/h4-38H,1-3H3. The minimum absolute atomic E-state index is 0.0900. The maximum absolute atomic E-state index is 2.48. The van der Waals surface area contributed by atoms with Crippen LogP contribution in [-0.4, -0.2) is 4.57 Å². The van der Waals surface area contributed by atoms with Gasteiger partial charge < -0.3 is 9.47 Å². The minimum atomic E-state index is -0.0900. The molecule has 0 fully saturated rings. The number of hydrogen-bond donors (Lipinski definition) is 0. The molecule has 64 heavy (non-hydrogen) atoms. The van der Waals surface area contributed by atoms with Crippen molar-refractivity contribution >= 4 is 71.2 Å². The molecule has 0 saturated carbocycles. The van der Waals surface area contributed by atoms with Crippen LogP contribution in [0, 0.1) is 6.92 Å². The highest BCUT2D eigenvalue weighted by Crippen LogP contribution is 2.51. The van der Waals surface area contributed by atoms with Crippen LogP contribution in [0.2, 0.25) is 0 Å². The third-order valence-corrected chi connectivity index (χ3v) is 14.2. The van der Waals surface area contributed by atoms with Crippen molar-refractivity contribution in [2.75, 3.05) is 4.90 Å². The lowest BCUT2D eigenvalue weighted by molar-refractivity contribution is 0.660. The van der Waals surface area contributed by atoms with Gasteiger partial charge in [0.1, 0.15) is 0 Å². The van der Waals surface area contributed by atoms with E-state index in [1.54, 1.807) is 0 Å². The summed E-state index contributed by atoms with van der Waals surface area (Å²) in [6.45, 7) is 6.87. The fourth-order valence-corrected chi connectivity index (χ4v) is 11.0. The van der Waals surface area contributed by atoms with Gasteiger partial charge in [0.15, 0.2) is 0 Å². The second-order valence-electron chi connectivity index (χ2n) is 18.2. The van der Waals surface area contributed by atoms with E-state index in [9.17, 15) is 0 Å². The summed E-state index contributed by atoms with van der Waals surface area (Å²) in [5, 5.41) is 10.4. The van der Waals surface area contributed by atoms with Crippen molar-refractivity contribution in [3.05, 3.63) is 229 Å². The number of aromatic nitrogens is 1. The van der Waals surface area contributed by atoms with Crippen LogP contribution in [0.1, 0.15) is 30.5 Å². The average Bonchev–Trinajstić information content (AvgIpc) is 3.79. The van der Waals surface area contributed by atoms with Crippen molar-refractivity contribution in [3.8, 4) is 39.1 Å². The molecular formula is C62H44N2. The first-order valence-electron chi connectivity index (χ1n) is 22.4. The molecular weight excluding hydrogens is 773 g/mol. The number of nitrogens with zero attached hydrogens (tertiary/aromatic N) is 2. The van der Waals surface area contributed by atoms with Crippen LogP contribution in [0.25, 0.3) is 93.2 Å². The molecule has 1 aliphatic rings. The molecule has 2 nitrogen and oxygen atoms in total. The van der Waals surface area contributed by atoms with E-state index in [2.05, 4.69) is 243 Å². The summed E-state index contributed by atoms with van der Waals surface area (Å²) in [7, 11) is 0. The van der Waals surface area contributed by atoms with Gasteiger partial charge in [0.2, 0.25) is 0 Å². The first-order chi connectivity index (χ1) is 31.4. The van der Waals surface area contributed by atoms with E-state index >= 15 is 0 Å². The topological polar surface area (TPSA) is 8.17 Å². The highest BCUT2D eigenvalue weighted by atomic mass is 15.1. The van der Waals surface area contributed by atoms with E-state index in [1.165, 1.54) is 104 Å². The monoisotopic (exact) mass is 816 g/mol. The van der Waals surface area contributed by atoms with Crippen LogP contribution in [-0.2, 0) is 5.41 Å². The Morgan fingerprint density at radius 3 is 1.75 bits per heavy atom. The van der Waals surface area contributed by atoms with Crippen molar-refractivity contribution in [1.82, 2.24) is 4.57 Å². The van der Waals surface area contributed by atoms with Crippen molar-refractivity contribution in [1.29, 1.82) is 0 Å². The van der Waals surface area contributed by atoms with Gasteiger partial charge in [-0.15, -0.1) is 0 Å². The predicted octanol–water partition coefficient (Wildman–Crippen LogP) is 17.1. The summed E-state index contributed by atoms with van der Waals surface area (Å²) in [6, 6.07) is 79.1. The summed E-state index contributed by atoms with van der Waals surface area (Å²) in [4.78, 5) is 2.40. The number of anilines is 3. The minimum Gasteiger partial charge on any atom is -0.310 e. The molecule has 0 N–H and O–H groups in total. The molecule has 0 bridgehead atoms. The largest absolute Gasteiger partial charge is 0.310 e. The number of rotatable bonds is 6. The first-order valence-corrected chi connectivity index (χ1v) is 22.4. The van der Waals surface area contributed by atoms with Gasteiger partial charge in [0.25, 0.3) is 0 Å². The Balaban J connectivity index is 0.966. The quantitative estimate of drug-likeness (QED) is 0.152. The number of benzene rings is 11. The van der Waals surface area contributed by atoms with Gasteiger partial charge in [-0.2, -0.15) is 0 Å². The lowest BCUT2D eigenvalue weighted by atomic mass is 9.82. The van der Waals surface area contributed by atoms with E-state index in [0.29, 0.717) is 0 Å². The third-order valence-electron chi connectivity index (χ3n) is 14.2. The number of fused-ring (bicyclic) bond motifs is 7. The highest BCUT2D eigenvalue weighted by Gasteiger charge is 2.35. The van der Waals surface area contributed by atoms with Crippen LogP contribution in [0.4, 0.5) is 17.1 Å². The molecule has 11 aromatic carbocycles. The highest BCUT2D eigenvalue weighted by molar-refractivity contribution is 6.33. The molecule has 0 saturated heterocycles. The molecule has 1 heterocycles. The Hall–Kier alpha value is -7.94. The Labute approximate surface area is 373 Å². The number of hydrogen-bond acceptors (Lipinski definition) is 1. The Morgan fingerprint density at radius 1 is 0.375 bits per heavy atom. The molecule has 0 atom stereocenters. The van der Waals surface area contributed by atoms with Crippen molar-refractivity contribution in [2.45, 2.75) is 26.2 Å². The van der Waals surface area contributed by atoms with Crippen LogP contribution >= 0.6 is 0 Å². The summed E-state index contributed by atoms with van der Waals surface area (Å²) in [6.07, 6.45) is 0. The van der Waals surface area contributed by atoms with Crippen molar-refractivity contribution in [2.24, 2.45) is 0 Å². The zero-order valence-corrected chi connectivity index (χ0v) is 36.1. The fourth-order valence-electron chi connectivity index (χ4n) is 11.0. The molecule has 2 heteroatoms. The molecule has 0 aliphatic heterocycles. The molecule has 1 aliphatic carbocycles. The lowest BCUT2D eigenvalue weighted by Gasteiger charge is -2.28. The van der Waals surface area contributed by atoms with Gasteiger partial charge in [-0.25, -0.2) is 0 Å². The Morgan fingerprint density at radius 2 is 0.969 bits per heavy atom. The molecule has 0 amide bonds. The lowest BCUT2D eigenvalue weighted by Crippen LogP contribution is -2.16. The van der Waals surface area contributed by atoms with Crippen LogP contribution < -0.4 is 4.90 Å². The van der Waals surface area contributed by atoms with E-state index in [-0.39, 0.29) is 5.41 Å². The number of aryl methyl sites for hydroxylation is 1. The molecule has 13 rings (SSSR count). The van der Waals surface area contributed by atoms with Gasteiger partial charge in [0, 0.05) is 38.9 Å². The summed E-state index contributed by atoms with van der Waals surface area (Å²) in [5.41, 5.74) is 18.4. The summed E-state index contributed by atoms with van der Waals surface area (Å²) >= 11 is 0. The SMILES string of the molecule is Cc1ccc(N(c2ccc(-c3ccc4c5c6ccc7cccc8ccc(cc5n(-c5ccc(-c9ccccc9)cc5)c4c3)c6c87)cc2)c2ccc3c(c2)C(C)(C)c2ccccc2-3)cc1. The van der Waals surface area contributed by atoms with Crippen LogP contribution in [0.3, 0.4) is 0 Å². The maximum atomic E-state index is 2.48. The second kappa shape index (κ2) is 13.8. The Bertz CT molecular complexity index is 3760. The Kier molecular flexibility index (Phi) is 7.90. The molecule has 0 spiro atoms. The van der Waals surface area contributed by atoms with Gasteiger partial charge in [0.05, 0.1) is 11.0 Å². The molecule has 1 aromatic heterocycles. The summed E-state index contributed by atoms with van der Waals surface area (Å²) < 4.78 is 2.48. The van der Waals surface area contributed by atoms with Gasteiger partial charge in [-0.1, -0.05) is 171 Å². The van der Waals surface area contributed by atoms with Crippen LogP contribution in [0.5, 0.6) is 0 Å². The molecule has 0 unspecified atom stereocenters. The predicted molar refractivity (Wildman–Crippen MR) is 272 cm³/mol. The van der Waals surface area contributed by atoms with Gasteiger partial charge in [-0.05, 0) is 144 Å².